The number of ketones is 2. The lowest BCUT2D eigenvalue weighted by molar-refractivity contribution is -0.371. The fourth-order valence-corrected chi connectivity index (χ4v) is 8.95. The molecule has 2 saturated heterocycles. The molecule has 1 spiro atoms. The SMILES string of the molecule is CC[C@H]1/C=C/C=C/C[C@@H](C)[C@@H](O)[C@H](C)C(=O)[C@H](C)[C@H](O)[C@H](C)C(=O)[C@H](C)[C@H](O)[C@H](C)/C=C/C(=O)O[C@@H]2[C@H](C)[C@H](CC1)O[C@]1(CC[C@@H](C)[C@H](C[C@@H](C)O)O1)[C@@H]2C. The molecule has 2 bridgehead atoms. The Morgan fingerprint density at radius 3 is 1.96 bits per heavy atom. The molecular formula is C45H74O10. The smallest absolute Gasteiger partial charge is 0.330 e. The maximum atomic E-state index is 13.5. The molecule has 0 aromatic rings. The summed E-state index contributed by atoms with van der Waals surface area (Å²) < 4.78 is 20.0. The first-order valence-corrected chi connectivity index (χ1v) is 21.1. The highest BCUT2D eigenvalue weighted by atomic mass is 16.7. The van der Waals surface area contributed by atoms with E-state index in [-0.39, 0.29) is 47.6 Å². The summed E-state index contributed by atoms with van der Waals surface area (Å²) in [4.78, 5) is 40.4. The van der Waals surface area contributed by atoms with Crippen LogP contribution in [0.1, 0.15) is 121 Å². The first-order chi connectivity index (χ1) is 25.8. The van der Waals surface area contributed by atoms with Gasteiger partial charge in [0.1, 0.15) is 17.7 Å². The molecule has 0 saturated carbocycles. The van der Waals surface area contributed by atoms with E-state index in [1.165, 1.54) is 6.08 Å². The van der Waals surface area contributed by atoms with Gasteiger partial charge in [-0.05, 0) is 63.2 Å². The molecule has 0 unspecified atom stereocenters. The van der Waals surface area contributed by atoms with Crippen LogP contribution in [0.25, 0.3) is 0 Å². The van der Waals surface area contributed by atoms with E-state index in [1.807, 2.05) is 32.1 Å². The lowest BCUT2D eigenvalue weighted by Crippen LogP contribution is -2.62. The number of carbonyl (C=O) groups is 3. The Morgan fingerprint density at radius 2 is 1.36 bits per heavy atom. The zero-order valence-electron chi connectivity index (χ0n) is 35.5. The highest BCUT2D eigenvalue weighted by Crippen LogP contribution is 2.49. The number of fused-ring (bicyclic) bond motifs is 2. The summed E-state index contributed by atoms with van der Waals surface area (Å²) in [5.74, 6) is -6.53. The summed E-state index contributed by atoms with van der Waals surface area (Å²) in [7, 11) is 0. The second-order valence-electron chi connectivity index (χ2n) is 17.7. The van der Waals surface area contributed by atoms with Gasteiger partial charge in [-0.25, -0.2) is 4.79 Å². The van der Waals surface area contributed by atoms with Gasteiger partial charge in [-0.2, -0.15) is 0 Å². The van der Waals surface area contributed by atoms with Gasteiger partial charge in [0, 0.05) is 53.9 Å². The van der Waals surface area contributed by atoms with Crippen molar-refractivity contribution in [2.24, 2.45) is 59.2 Å². The fourth-order valence-electron chi connectivity index (χ4n) is 8.95. The van der Waals surface area contributed by atoms with E-state index in [9.17, 15) is 34.8 Å². The Morgan fingerprint density at radius 1 is 0.764 bits per heavy atom. The molecule has 10 nitrogen and oxygen atoms in total. The molecule has 0 amide bonds. The van der Waals surface area contributed by atoms with Crippen molar-refractivity contribution in [3.8, 4) is 0 Å². The number of esters is 1. The summed E-state index contributed by atoms with van der Waals surface area (Å²) >= 11 is 0. The van der Waals surface area contributed by atoms with Crippen LogP contribution >= 0.6 is 0 Å². The zero-order valence-corrected chi connectivity index (χ0v) is 35.5. The van der Waals surface area contributed by atoms with Crippen molar-refractivity contribution >= 4 is 17.5 Å². The molecule has 3 heterocycles. The Hall–Kier alpha value is -2.21. The molecule has 4 N–H and O–H groups in total. The first-order valence-electron chi connectivity index (χ1n) is 21.1. The maximum absolute atomic E-state index is 13.5. The van der Waals surface area contributed by atoms with Crippen LogP contribution in [-0.2, 0) is 28.6 Å². The van der Waals surface area contributed by atoms with Gasteiger partial charge in [0.2, 0.25) is 0 Å². The third-order valence-corrected chi connectivity index (χ3v) is 13.4. The highest BCUT2D eigenvalue weighted by molar-refractivity contribution is 5.87. The van der Waals surface area contributed by atoms with Gasteiger partial charge in [-0.15, -0.1) is 0 Å². The fraction of sp³-hybridized carbons (Fsp3) is 0.800. The second-order valence-corrected chi connectivity index (χ2v) is 17.7. The summed E-state index contributed by atoms with van der Waals surface area (Å²) in [5, 5.41) is 43.8. The minimum Gasteiger partial charge on any atom is -0.458 e. The van der Waals surface area contributed by atoms with Crippen molar-refractivity contribution < 1.29 is 49.0 Å². The lowest BCUT2D eigenvalue weighted by Gasteiger charge is -2.55. The van der Waals surface area contributed by atoms with E-state index >= 15 is 0 Å². The minimum absolute atomic E-state index is 0.144. The van der Waals surface area contributed by atoms with Crippen molar-refractivity contribution in [1.82, 2.24) is 0 Å². The van der Waals surface area contributed by atoms with Crippen LogP contribution in [0.3, 0.4) is 0 Å². The number of ether oxygens (including phenoxy) is 3. The van der Waals surface area contributed by atoms with Gasteiger partial charge in [-0.3, -0.25) is 9.59 Å². The molecular weight excluding hydrogens is 700 g/mol. The minimum atomic E-state index is -1.30. The average Bonchev–Trinajstić information content (AvgIpc) is 3.16. The third-order valence-electron chi connectivity index (χ3n) is 13.4. The van der Waals surface area contributed by atoms with Crippen molar-refractivity contribution in [2.75, 3.05) is 0 Å². The van der Waals surface area contributed by atoms with E-state index < -0.39 is 77.6 Å². The van der Waals surface area contributed by atoms with Crippen LogP contribution in [0.5, 0.6) is 0 Å². The van der Waals surface area contributed by atoms with Gasteiger partial charge in [0.15, 0.2) is 5.79 Å². The molecule has 3 aliphatic rings. The van der Waals surface area contributed by atoms with Crippen molar-refractivity contribution in [3.05, 3.63) is 36.5 Å². The summed E-state index contributed by atoms with van der Waals surface area (Å²) in [5.41, 5.74) is 0. The third kappa shape index (κ3) is 11.9. The molecule has 0 radical (unpaired) electrons. The highest BCUT2D eigenvalue weighted by Gasteiger charge is 2.56. The van der Waals surface area contributed by atoms with Crippen molar-refractivity contribution in [3.63, 3.8) is 0 Å². The number of hydrogen-bond donors (Lipinski definition) is 4. The number of carbonyl (C=O) groups excluding carboxylic acids is 3. The summed E-state index contributed by atoms with van der Waals surface area (Å²) in [6, 6.07) is 0. The molecule has 18 atom stereocenters. The quantitative estimate of drug-likeness (QED) is 0.226. The number of aliphatic hydroxyl groups is 4. The molecule has 55 heavy (non-hydrogen) atoms. The van der Waals surface area contributed by atoms with E-state index in [4.69, 9.17) is 14.2 Å². The van der Waals surface area contributed by atoms with Gasteiger partial charge in [0.25, 0.3) is 0 Å². The Bertz CT molecular complexity index is 1340. The topological polar surface area (TPSA) is 160 Å². The molecule has 10 heteroatoms. The Balaban J connectivity index is 1.97. The van der Waals surface area contributed by atoms with Crippen molar-refractivity contribution in [2.45, 2.75) is 170 Å². The second kappa shape index (κ2) is 21.0. The van der Waals surface area contributed by atoms with E-state index in [0.717, 1.165) is 25.7 Å². The summed E-state index contributed by atoms with van der Waals surface area (Å²) in [6.45, 7) is 20.1. The first kappa shape index (κ1) is 47.2. The van der Waals surface area contributed by atoms with E-state index in [1.54, 1.807) is 47.6 Å². The zero-order chi connectivity index (χ0) is 41.4. The predicted octanol–water partition coefficient (Wildman–Crippen LogP) is 6.77. The number of aliphatic hydroxyl groups excluding tert-OH is 4. The van der Waals surface area contributed by atoms with Crippen molar-refractivity contribution in [1.29, 1.82) is 0 Å². The monoisotopic (exact) mass is 775 g/mol. The Labute approximate surface area is 331 Å². The van der Waals surface area contributed by atoms with Crippen LogP contribution < -0.4 is 0 Å². The van der Waals surface area contributed by atoms with Gasteiger partial charge < -0.3 is 34.6 Å². The molecule has 314 valence electrons. The molecule has 0 aliphatic carbocycles. The van der Waals surface area contributed by atoms with Crippen LogP contribution in [0.4, 0.5) is 0 Å². The van der Waals surface area contributed by atoms with Crippen LogP contribution in [-0.4, -0.2) is 86.5 Å². The predicted molar refractivity (Wildman–Crippen MR) is 213 cm³/mol. The molecule has 2 fully saturated rings. The Kier molecular flexibility index (Phi) is 18.0. The molecule has 0 aromatic heterocycles. The number of hydrogen-bond acceptors (Lipinski definition) is 10. The number of allylic oxidation sites excluding steroid dienone is 4. The number of rotatable bonds is 3. The van der Waals surface area contributed by atoms with Gasteiger partial charge >= 0.3 is 5.97 Å². The average molecular weight is 775 g/mol. The van der Waals surface area contributed by atoms with E-state index in [2.05, 4.69) is 26.8 Å². The lowest BCUT2D eigenvalue weighted by atomic mass is 9.74. The molecule has 0 aromatic carbocycles. The van der Waals surface area contributed by atoms with Gasteiger partial charge in [0.05, 0.1) is 36.6 Å². The van der Waals surface area contributed by atoms with Crippen LogP contribution in [0, 0.1) is 59.2 Å². The normalized spacial score (nSPS) is 46.1. The standard InChI is InChI=1S/C45H74O10/c1-12-35-17-15-13-14-16-26(3)39(48)30(7)41(50)32(9)43(52)33(10)42(51)31(8)40(49)27(4)18-21-38(47)53-44-29(6)36(20-19-35)54-45(34(44)11)23-22-25(2)37(55-45)24-28(5)46/h13-15,17-18,21,25-37,39-40,43-44,46,48-49,52H,12,16,19-20,22-24H2,1-11H3/b14-13+,17-15+,21-18+/t25-,26-,27-,28-,29-,30+,31-,32+,33-,34-,35+,36+,37+,39-,40-,43+,44-,45+/m1/s1. The summed E-state index contributed by atoms with van der Waals surface area (Å²) in [6.07, 6.45) is 11.1. The molecule has 3 rings (SSSR count). The van der Waals surface area contributed by atoms with Gasteiger partial charge in [-0.1, -0.05) is 99.6 Å². The van der Waals surface area contributed by atoms with E-state index in [0.29, 0.717) is 19.3 Å². The largest absolute Gasteiger partial charge is 0.458 e. The van der Waals surface area contributed by atoms with Crippen LogP contribution in [0.2, 0.25) is 0 Å². The molecule has 3 aliphatic heterocycles. The van der Waals surface area contributed by atoms with Crippen LogP contribution in [0.15, 0.2) is 36.5 Å². The maximum Gasteiger partial charge on any atom is 0.330 e. The number of Topliss-reactive ketones (excluding diaryl/α,β-unsaturated/α-hetero) is 2.